The number of alkyl halides is 3. The average molecular weight is 380 g/mol. The zero-order chi connectivity index (χ0) is 19.6. The molecule has 146 valence electrons. The smallest absolute Gasteiger partial charge is 0.339 e. The number of benzene rings is 1. The Kier molecular flexibility index (Phi) is 5.55. The van der Waals surface area contributed by atoms with Crippen LogP contribution in [0.25, 0.3) is 5.69 Å². The van der Waals surface area contributed by atoms with E-state index in [4.69, 9.17) is 0 Å². The normalized spacial score (nSPS) is 16.0. The summed E-state index contributed by atoms with van der Waals surface area (Å²) in [6.45, 7) is 4.00. The summed E-state index contributed by atoms with van der Waals surface area (Å²) in [6.07, 6.45) is -1.11. The van der Waals surface area contributed by atoms with Crippen molar-refractivity contribution in [3.05, 3.63) is 47.3 Å². The summed E-state index contributed by atoms with van der Waals surface area (Å²) in [5.41, 5.74) is 0.514. The standard InChI is InChI=1S/C19H23F3N4O/c1-13-17(18(27)25-8-6-14(7-9-25)11-23-2)12-24-26(13)16-5-3-4-15(10-16)19(20,21)22/h3-5,10,12,14,23H,6-9,11H2,1-2H3. The first-order valence-electron chi connectivity index (χ1n) is 8.97. The van der Waals surface area contributed by atoms with Gasteiger partial charge < -0.3 is 10.2 Å². The summed E-state index contributed by atoms with van der Waals surface area (Å²) in [5.74, 6) is 0.446. The zero-order valence-electron chi connectivity index (χ0n) is 15.4. The summed E-state index contributed by atoms with van der Waals surface area (Å²) < 4.78 is 40.2. The van der Waals surface area contributed by atoms with Crippen molar-refractivity contribution in [1.29, 1.82) is 0 Å². The Morgan fingerprint density at radius 3 is 2.63 bits per heavy atom. The quantitative estimate of drug-likeness (QED) is 0.886. The number of aromatic nitrogens is 2. The van der Waals surface area contributed by atoms with Gasteiger partial charge in [0.1, 0.15) is 0 Å². The molecule has 2 heterocycles. The van der Waals surface area contributed by atoms with Crippen LogP contribution in [0.3, 0.4) is 0 Å². The molecule has 1 aliphatic rings. The van der Waals surface area contributed by atoms with E-state index in [-0.39, 0.29) is 11.6 Å². The second kappa shape index (κ2) is 7.72. The second-order valence-electron chi connectivity index (χ2n) is 6.90. The Hall–Kier alpha value is -2.35. The van der Waals surface area contributed by atoms with Gasteiger partial charge in [-0.15, -0.1) is 0 Å². The minimum atomic E-state index is -4.42. The molecule has 1 aromatic carbocycles. The first-order valence-corrected chi connectivity index (χ1v) is 8.97. The number of piperidine rings is 1. The Labute approximate surface area is 156 Å². The molecule has 2 aromatic rings. The fourth-order valence-corrected chi connectivity index (χ4v) is 3.49. The van der Waals surface area contributed by atoms with E-state index in [0.29, 0.717) is 30.3 Å². The number of carbonyl (C=O) groups is 1. The molecular formula is C19H23F3N4O. The highest BCUT2D eigenvalue weighted by atomic mass is 19.4. The van der Waals surface area contributed by atoms with Crippen molar-refractivity contribution >= 4 is 5.91 Å². The first-order chi connectivity index (χ1) is 12.8. The van der Waals surface area contributed by atoms with Crippen LogP contribution >= 0.6 is 0 Å². The maximum absolute atomic E-state index is 13.0. The number of carbonyl (C=O) groups excluding carboxylic acids is 1. The highest BCUT2D eigenvalue weighted by Crippen LogP contribution is 2.30. The largest absolute Gasteiger partial charge is 0.416 e. The number of amides is 1. The van der Waals surface area contributed by atoms with Gasteiger partial charge in [-0.2, -0.15) is 18.3 Å². The number of halogens is 3. The monoisotopic (exact) mass is 380 g/mol. The lowest BCUT2D eigenvalue weighted by Gasteiger charge is -2.31. The lowest BCUT2D eigenvalue weighted by atomic mass is 9.96. The third-order valence-electron chi connectivity index (χ3n) is 5.05. The van der Waals surface area contributed by atoms with Crippen molar-refractivity contribution in [2.75, 3.05) is 26.7 Å². The van der Waals surface area contributed by atoms with E-state index in [1.165, 1.54) is 16.9 Å². The molecule has 1 amide bonds. The Morgan fingerprint density at radius 2 is 2.00 bits per heavy atom. The Balaban J connectivity index is 1.79. The molecule has 1 aliphatic heterocycles. The maximum atomic E-state index is 13.0. The van der Waals surface area contributed by atoms with Crippen LogP contribution in [0.4, 0.5) is 13.2 Å². The van der Waals surface area contributed by atoms with Gasteiger partial charge >= 0.3 is 6.18 Å². The average Bonchev–Trinajstić information content (AvgIpc) is 3.03. The molecule has 0 saturated carbocycles. The number of hydrogen-bond donors (Lipinski definition) is 1. The lowest BCUT2D eigenvalue weighted by Crippen LogP contribution is -2.40. The van der Waals surface area contributed by atoms with E-state index in [0.717, 1.165) is 31.5 Å². The molecule has 0 radical (unpaired) electrons. The van der Waals surface area contributed by atoms with Crippen molar-refractivity contribution in [1.82, 2.24) is 20.0 Å². The van der Waals surface area contributed by atoms with Crippen molar-refractivity contribution < 1.29 is 18.0 Å². The van der Waals surface area contributed by atoms with Crippen LogP contribution in [-0.4, -0.2) is 47.3 Å². The van der Waals surface area contributed by atoms with Crippen LogP contribution in [0.15, 0.2) is 30.5 Å². The van der Waals surface area contributed by atoms with Crippen LogP contribution in [-0.2, 0) is 6.18 Å². The summed E-state index contributed by atoms with van der Waals surface area (Å²) in [5, 5.41) is 7.32. The number of hydrogen-bond acceptors (Lipinski definition) is 3. The summed E-state index contributed by atoms with van der Waals surface area (Å²) in [6, 6.07) is 4.95. The lowest BCUT2D eigenvalue weighted by molar-refractivity contribution is -0.137. The van der Waals surface area contributed by atoms with Crippen LogP contribution < -0.4 is 5.32 Å². The SMILES string of the molecule is CNCC1CCN(C(=O)c2cnn(-c3cccc(C(F)(F)F)c3)c2C)CC1. The highest BCUT2D eigenvalue weighted by Gasteiger charge is 2.31. The summed E-state index contributed by atoms with van der Waals surface area (Å²) >= 11 is 0. The molecule has 1 fully saturated rings. The van der Waals surface area contributed by atoms with Gasteiger partial charge in [0.25, 0.3) is 5.91 Å². The Bertz CT molecular complexity index is 808. The maximum Gasteiger partial charge on any atom is 0.416 e. The minimum Gasteiger partial charge on any atom is -0.339 e. The van der Waals surface area contributed by atoms with Crippen LogP contribution in [0.1, 0.15) is 34.5 Å². The van der Waals surface area contributed by atoms with Crippen molar-refractivity contribution in [3.8, 4) is 5.69 Å². The number of nitrogens with one attached hydrogen (secondary N) is 1. The number of likely N-dealkylation sites (tertiary alicyclic amines) is 1. The van der Waals surface area contributed by atoms with Gasteiger partial charge in [0.2, 0.25) is 0 Å². The van der Waals surface area contributed by atoms with Crippen LogP contribution in [0.5, 0.6) is 0 Å². The van der Waals surface area contributed by atoms with Crippen molar-refractivity contribution in [2.45, 2.75) is 25.9 Å². The molecule has 5 nitrogen and oxygen atoms in total. The zero-order valence-corrected chi connectivity index (χ0v) is 15.4. The molecule has 0 unspecified atom stereocenters. The first kappa shape index (κ1) is 19.4. The van der Waals surface area contributed by atoms with E-state index < -0.39 is 11.7 Å². The topological polar surface area (TPSA) is 50.2 Å². The Morgan fingerprint density at radius 1 is 1.30 bits per heavy atom. The van der Waals surface area contributed by atoms with Gasteiger partial charge in [0.05, 0.1) is 28.7 Å². The molecule has 1 N–H and O–H groups in total. The number of rotatable bonds is 4. The molecule has 0 atom stereocenters. The van der Waals surface area contributed by atoms with Gasteiger partial charge in [-0.25, -0.2) is 4.68 Å². The van der Waals surface area contributed by atoms with Gasteiger partial charge in [-0.3, -0.25) is 4.79 Å². The third kappa shape index (κ3) is 4.16. The number of nitrogens with zero attached hydrogens (tertiary/aromatic N) is 3. The van der Waals surface area contributed by atoms with E-state index in [9.17, 15) is 18.0 Å². The molecule has 0 spiro atoms. The van der Waals surface area contributed by atoms with E-state index in [1.54, 1.807) is 17.9 Å². The van der Waals surface area contributed by atoms with Crippen LogP contribution in [0, 0.1) is 12.8 Å². The van der Waals surface area contributed by atoms with Gasteiger partial charge in [0.15, 0.2) is 0 Å². The highest BCUT2D eigenvalue weighted by molar-refractivity contribution is 5.95. The molecule has 27 heavy (non-hydrogen) atoms. The molecule has 1 aromatic heterocycles. The van der Waals surface area contributed by atoms with Gasteiger partial charge in [0, 0.05) is 13.1 Å². The predicted molar refractivity (Wildman–Crippen MR) is 95.9 cm³/mol. The fourth-order valence-electron chi connectivity index (χ4n) is 3.49. The second-order valence-corrected chi connectivity index (χ2v) is 6.90. The molecule has 8 heteroatoms. The molecule has 3 rings (SSSR count). The van der Waals surface area contributed by atoms with Crippen molar-refractivity contribution in [2.24, 2.45) is 5.92 Å². The van der Waals surface area contributed by atoms with E-state index in [2.05, 4.69) is 10.4 Å². The molecule has 1 saturated heterocycles. The van der Waals surface area contributed by atoms with Gasteiger partial charge in [-0.1, -0.05) is 6.07 Å². The minimum absolute atomic E-state index is 0.117. The van der Waals surface area contributed by atoms with E-state index >= 15 is 0 Å². The van der Waals surface area contributed by atoms with Gasteiger partial charge in [-0.05, 0) is 57.5 Å². The summed E-state index contributed by atoms with van der Waals surface area (Å²) in [7, 11) is 1.92. The summed E-state index contributed by atoms with van der Waals surface area (Å²) in [4.78, 5) is 14.6. The van der Waals surface area contributed by atoms with Crippen LogP contribution in [0.2, 0.25) is 0 Å². The van der Waals surface area contributed by atoms with Crippen molar-refractivity contribution in [3.63, 3.8) is 0 Å². The molecule has 0 bridgehead atoms. The molecular weight excluding hydrogens is 357 g/mol. The fraction of sp³-hybridized carbons (Fsp3) is 0.474. The third-order valence-corrected chi connectivity index (χ3v) is 5.05. The predicted octanol–water partition coefficient (Wildman–Crippen LogP) is 3.27. The molecule has 0 aliphatic carbocycles. The van der Waals surface area contributed by atoms with E-state index in [1.807, 2.05) is 7.05 Å².